The summed E-state index contributed by atoms with van der Waals surface area (Å²) in [6, 6.07) is 44.0. The maximum atomic E-state index is 6.09. The van der Waals surface area contributed by atoms with Crippen molar-refractivity contribution < 1.29 is 9.47 Å². The summed E-state index contributed by atoms with van der Waals surface area (Å²) < 4.78 is 12.2. The van der Waals surface area contributed by atoms with E-state index < -0.39 is 0 Å². The lowest BCUT2D eigenvalue weighted by Gasteiger charge is -2.34. The Hall–Kier alpha value is -3.68. The molecule has 6 nitrogen and oxygen atoms in total. The molecule has 6 rings (SSSR count). The number of hydrogen-bond acceptors (Lipinski definition) is 6. The summed E-state index contributed by atoms with van der Waals surface area (Å²) in [5, 5.41) is 0. The molecule has 0 bridgehead atoms. The van der Waals surface area contributed by atoms with E-state index in [0.29, 0.717) is 23.9 Å². The standard InChI is InChI=1S/2C24H34N2O/c2*1-21(2)19-27-20-24(25-15-9-10-16-25)18-26(23-13-7-4-8-14-23)17-22-11-5-3-6-12-22/h2*3-8,11-14,21,24H,9-10,15-20H2,1-2H3. The first-order chi connectivity index (χ1) is 26.4. The van der Waals surface area contributed by atoms with Crippen LogP contribution in [-0.2, 0) is 22.6 Å². The van der Waals surface area contributed by atoms with Crippen LogP contribution < -0.4 is 9.80 Å². The third-order valence-electron chi connectivity index (χ3n) is 10.4. The van der Waals surface area contributed by atoms with Gasteiger partial charge in [0.05, 0.1) is 25.3 Å². The maximum Gasteiger partial charge on any atom is 0.0639 e. The molecule has 0 aliphatic carbocycles. The first kappa shape index (κ1) is 41.5. The monoisotopic (exact) mass is 733 g/mol. The second-order valence-electron chi connectivity index (χ2n) is 16.1. The van der Waals surface area contributed by atoms with E-state index >= 15 is 0 Å². The van der Waals surface area contributed by atoms with Crippen molar-refractivity contribution in [2.45, 2.75) is 78.6 Å². The molecular formula is C48H68N4O2. The molecule has 2 unspecified atom stereocenters. The van der Waals surface area contributed by atoms with Crippen LogP contribution in [0.2, 0.25) is 0 Å². The topological polar surface area (TPSA) is 31.4 Å². The van der Waals surface area contributed by atoms with Crippen molar-refractivity contribution in [2.75, 3.05) is 75.5 Å². The fraction of sp³-hybridized carbons (Fsp3) is 0.500. The molecule has 0 spiro atoms. The molecule has 2 atom stereocenters. The normalized spacial score (nSPS) is 16.0. The van der Waals surface area contributed by atoms with Crippen LogP contribution in [0.3, 0.4) is 0 Å². The van der Waals surface area contributed by atoms with E-state index in [9.17, 15) is 0 Å². The van der Waals surface area contributed by atoms with Gasteiger partial charge in [0, 0.05) is 50.8 Å². The van der Waals surface area contributed by atoms with E-state index in [2.05, 4.69) is 169 Å². The molecule has 0 radical (unpaired) electrons. The largest absolute Gasteiger partial charge is 0.379 e. The molecule has 0 amide bonds. The highest BCUT2D eigenvalue weighted by Crippen LogP contribution is 2.23. The molecule has 0 aromatic heterocycles. The fourth-order valence-corrected chi connectivity index (χ4v) is 7.56. The molecule has 4 aromatic carbocycles. The number of ether oxygens (including phenoxy) is 2. The number of rotatable bonds is 20. The number of benzene rings is 4. The predicted molar refractivity (Wildman–Crippen MR) is 228 cm³/mol. The van der Waals surface area contributed by atoms with Crippen molar-refractivity contribution in [3.05, 3.63) is 132 Å². The van der Waals surface area contributed by atoms with Gasteiger partial charge in [0.15, 0.2) is 0 Å². The third-order valence-corrected chi connectivity index (χ3v) is 10.4. The molecule has 2 fully saturated rings. The fourth-order valence-electron chi connectivity index (χ4n) is 7.56. The average Bonchev–Trinajstić information content (AvgIpc) is 3.94. The van der Waals surface area contributed by atoms with Crippen LogP contribution in [-0.4, -0.2) is 87.6 Å². The molecule has 6 heteroatoms. The molecule has 2 saturated heterocycles. The van der Waals surface area contributed by atoms with E-state index in [1.165, 1.54) is 74.4 Å². The van der Waals surface area contributed by atoms with Crippen LogP contribution in [0.15, 0.2) is 121 Å². The zero-order valence-corrected chi connectivity index (χ0v) is 33.8. The SMILES string of the molecule is CC(C)COCC(CN(Cc1ccccc1)c1ccccc1)N1CCCC1.CC(C)COCC(CN(Cc1ccccc1)c1ccccc1)N1CCCC1. The Labute approximate surface area is 328 Å². The lowest BCUT2D eigenvalue weighted by Crippen LogP contribution is -2.45. The summed E-state index contributed by atoms with van der Waals surface area (Å²) in [5.41, 5.74) is 5.28. The highest BCUT2D eigenvalue weighted by molar-refractivity contribution is 5.48. The van der Waals surface area contributed by atoms with Gasteiger partial charge in [-0.2, -0.15) is 0 Å². The van der Waals surface area contributed by atoms with Gasteiger partial charge in [0.2, 0.25) is 0 Å². The van der Waals surface area contributed by atoms with Crippen LogP contribution >= 0.6 is 0 Å². The smallest absolute Gasteiger partial charge is 0.0639 e. The third kappa shape index (κ3) is 14.5. The van der Waals surface area contributed by atoms with E-state index in [1.54, 1.807) is 0 Å². The molecule has 292 valence electrons. The highest BCUT2D eigenvalue weighted by Gasteiger charge is 2.26. The lowest BCUT2D eigenvalue weighted by molar-refractivity contribution is 0.0567. The van der Waals surface area contributed by atoms with Crippen LogP contribution in [0, 0.1) is 11.8 Å². The van der Waals surface area contributed by atoms with Crippen LogP contribution in [0.5, 0.6) is 0 Å². The number of nitrogens with zero attached hydrogens (tertiary/aromatic N) is 4. The minimum absolute atomic E-state index is 0.440. The van der Waals surface area contributed by atoms with E-state index in [1.807, 2.05) is 0 Å². The van der Waals surface area contributed by atoms with Crippen LogP contribution in [0.25, 0.3) is 0 Å². The lowest BCUT2D eigenvalue weighted by atomic mass is 10.1. The minimum Gasteiger partial charge on any atom is -0.379 e. The first-order valence-corrected chi connectivity index (χ1v) is 20.8. The van der Waals surface area contributed by atoms with Crippen LogP contribution in [0.4, 0.5) is 11.4 Å². The Morgan fingerprint density at radius 2 is 0.759 bits per heavy atom. The molecule has 0 N–H and O–H groups in total. The second kappa shape index (κ2) is 23.3. The Balaban J connectivity index is 0.000000208. The molecule has 2 heterocycles. The molecule has 2 aliphatic heterocycles. The number of hydrogen-bond donors (Lipinski definition) is 0. The second-order valence-corrected chi connectivity index (χ2v) is 16.1. The van der Waals surface area contributed by atoms with Crippen molar-refractivity contribution in [3.63, 3.8) is 0 Å². The summed E-state index contributed by atoms with van der Waals surface area (Å²) >= 11 is 0. The quantitative estimate of drug-likeness (QED) is 0.0900. The van der Waals surface area contributed by atoms with Crippen molar-refractivity contribution in [1.82, 2.24) is 9.80 Å². The van der Waals surface area contributed by atoms with Gasteiger partial charge < -0.3 is 19.3 Å². The summed E-state index contributed by atoms with van der Waals surface area (Å²) in [6.07, 6.45) is 5.24. The van der Waals surface area contributed by atoms with Crippen LogP contribution in [0.1, 0.15) is 64.5 Å². The van der Waals surface area contributed by atoms with Crippen molar-refractivity contribution >= 4 is 11.4 Å². The Kier molecular flexibility index (Phi) is 17.9. The first-order valence-electron chi connectivity index (χ1n) is 20.8. The summed E-state index contributed by atoms with van der Waals surface area (Å²) in [7, 11) is 0. The zero-order valence-electron chi connectivity index (χ0n) is 33.8. The Morgan fingerprint density at radius 1 is 0.444 bits per heavy atom. The highest BCUT2D eigenvalue weighted by atomic mass is 16.5. The Bertz CT molecular complexity index is 1390. The van der Waals surface area contributed by atoms with Gasteiger partial charge in [-0.15, -0.1) is 0 Å². The van der Waals surface area contributed by atoms with Gasteiger partial charge in [-0.1, -0.05) is 125 Å². The zero-order chi connectivity index (χ0) is 37.8. The summed E-state index contributed by atoms with van der Waals surface area (Å²) in [5.74, 6) is 1.16. The number of para-hydroxylation sites is 2. The van der Waals surface area contributed by atoms with Crippen molar-refractivity contribution in [2.24, 2.45) is 11.8 Å². The molecule has 54 heavy (non-hydrogen) atoms. The molecule has 4 aromatic rings. The van der Waals surface area contributed by atoms with Crippen molar-refractivity contribution in [1.29, 1.82) is 0 Å². The van der Waals surface area contributed by atoms with Gasteiger partial charge >= 0.3 is 0 Å². The van der Waals surface area contributed by atoms with Gasteiger partial charge in [0.1, 0.15) is 0 Å². The Morgan fingerprint density at radius 3 is 1.07 bits per heavy atom. The van der Waals surface area contributed by atoms with Crippen molar-refractivity contribution in [3.8, 4) is 0 Å². The minimum atomic E-state index is 0.440. The molecule has 0 saturated carbocycles. The molecular weight excluding hydrogens is 665 g/mol. The van der Waals surface area contributed by atoms with Gasteiger partial charge in [-0.3, -0.25) is 9.80 Å². The summed E-state index contributed by atoms with van der Waals surface area (Å²) in [4.78, 5) is 10.3. The molecule has 2 aliphatic rings. The van der Waals surface area contributed by atoms with E-state index in [-0.39, 0.29) is 0 Å². The van der Waals surface area contributed by atoms with Gasteiger partial charge in [-0.25, -0.2) is 0 Å². The maximum absolute atomic E-state index is 6.09. The number of anilines is 2. The van der Waals surface area contributed by atoms with Gasteiger partial charge in [0.25, 0.3) is 0 Å². The summed E-state index contributed by atoms with van der Waals surface area (Å²) in [6.45, 7) is 20.8. The average molecular weight is 733 g/mol. The predicted octanol–water partition coefficient (Wildman–Crippen LogP) is 9.66. The number of likely N-dealkylation sites (tertiary alicyclic amines) is 2. The van der Waals surface area contributed by atoms with E-state index in [0.717, 1.165) is 52.6 Å². The van der Waals surface area contributed by atoms with Gasteiger partial charge in [-0.05, 0) is 99.1 Å². The van der Waals surface area contributed by atoms with E-state index in [4.69, 9.17) is 9.47 Å².